The van der Waals surface area contributed by atoms with Crippen molar-refractivity contribution in [3.05, 3.63) is 51.0 Å². The molecule has 4 rings (SSSR count). The number of carbonyl (C=O) groups is 2. The van der Waals surface area contributed by atoms with Gasteiger partial charge in [-0.1, -0.05) is 29.5 Å². The van der Waals surface area contributed by atoms with E-state index in [2.05, 4.69) is 10.1 Å². The lowest BCUT2D eigenvalue weighted by Gasteiger charge is -2.13. The molecule has 0 fully saturated rings. The van der Waals surface area contributed by atoms with E-state index in [1.54, 1.807) is 24.3 Å². The number of carboxylic acid groups (broad SMARTS) is 1. The number of carboxylic acids is 1. The first-order chi connectivity index (χ1) is 11.1. The number of benzene rings is 1. The Balaban J connectivity index is 2.06. The largest absolute Gasteiger partial charge is 0.480 e. The number of aliphatic carboxylic acids is 1. The van der Waals surface area contributed by atoms with E-state index in [-0.39, 0.29) is 10.1 Å². The first-order valence-corrected chi connectivity index (χ1v) is 7.39. The van der Waals surface area contributed by atoms with Gasteiger partial charge in [0, 0.05) is 5.56 Å². The Morgan fingerprint density at radius 2 is 2.04 bits per heavy atom. The highest BCUT2D eigenvalue weighted by atomic mass is 32.1. The maximum absolute atomic E-state index is 12.7. The molecule has 3 heterocycles. The highest BCUT2D eigenvalue weighted by Gasteiger charge is 2.35. The third-order valence-corrected chi connectivity index (χ3v) is 4.58. The van der Waals surface area contributed by atoms with Gasteiger partial charge in [0.2, 0.25) is 4.96 Å². The zero-order valence-electron chi connectivity index (χ0n) is 11.5. The highest BCUT2D eigenvalue weighted by Crippen LogP contribution is 2.34. The van der Waals surface area contributed by atoms with Gasteiger partial charge in [0.1, 0.15) is 17.4 Å². The molecule has 9 heteroatoms. The van der Waals surface area contributed by atoms with E-state index in [1.807, 2.05) is 0 Å². The average Bonchev–Trinajstić information content (AvgIpc) is 3.16. The third kappa shape index (κ3) is 1.87. The average molecular weight is 328 g/mol. The van der Waals surface area contributed by atoms with Crippen LogP contribution in [0, 0.1) is 0 Å². The lowest BCUT2D eigenvalue weighted by Crippen LogP contribution is -2.35. The topological polar surface area (TPSA) is 105 Å². The number of aromatic nitrogens is 3. The standard InChI is InChI=1S/C14H8N4O4S/c19-9(20)5-17-8-4-2-1-3-7(8)10(12(17)21)11-13(22)18-14(23-11)15-6-16-18/h1-4,6H,5H2,(H,19,20)/b11-10-. The molecule has 0 unspecified atom stereocenters. The minimum Gasteiger partial charge on any atom is -0.480 e. The summed E-state index contributed by atoms with van der Waals surface area (Å²) in [4.78, 5) is 41.7. The summed E-state index contributed by atoms with van der Waals surface area (Å²) in [6, 6.07) is 6.80. The SMILES string of the molecule is O=C(O)CN1C(=O)/C(=c2\sc3ncnn3c2=O)c2ccccc21. The van der Waals surface area contributed by atoms with Crippen LogP contribution >= 0.6 is 11.3 Å². The van der Waals surface area contributed by atoms with Crippen molar-refractivity contribution in [1.82, 2.24) is 14.6 Å². The van der Waals surface area contributed by atoms with Gasteiger partial charge in [0.05, 0.1) is 11.3 Å². The number of fused-ring (bicyclic) bond motifs is 2. The quantitative estimate of drug-likeness (QED) is 0.680. The molecule has 0 aliphatic carbocycles. The minimum atomic E-state index is -1.13. The predicted molar refractivity (Wildman–Crippen MR) is 81.3 cm³/mol. The van der Waals surface area contributed by atoms with Crippen LogP contribution in [0.2, 0.25) is 0 Å². The summed E-state index contributed by atoms with van der Waals surface area (Å²) in [6.07, 6.45) is 1.27. The van der Waals surface area contributed by atoms with Crippen LogP contribution in [0.3, 0.4) is 0 Å². The van der Waals surface area contributed by atoms with Crippen LogP contribution < -0.4 is 15.0 Å². The molecule has 8 nitrogen and oxygen atoms in total. The molecule has 1 amide bonds. The Labute approximate surface area is 131 Å². The first kappa shape index (κ1) is 13.6. The zero-order valence-corrected chi connectivity index (χ0v) is 12.3. The molecule has 0 saturated carbocycles. The van der Waals surface area contributed by atoms with Crippen molar-refractivity contribution in [2.75, 3.05) is 11.4 Å². The molecule has 1 aromatic carbocycles. The van der Waals surface area contributed by atoms with Gasteiger partial charge in [-0.25, -0.2) is 4.98 Å². The number of nitrogens with zero attached hydrogens (tertiary/aromatic N) is 4. The summed E-state index contributed by atoms with van der Waals surface area (Å²) < 4.78 is 1.34. The second-order valence-corrected chi connectivity index (χ2v) is 5.85. The van der Waals surface area contributed by atoms with Crippen molar-refractivity contribution in [3.63, 3.8) is 0 Å². The van der Waals surface area contributed by atoms with Crippen molar-refractivity contribution in [2.24, 2.45) is 0 Å². The van der Waals surface area contributed by atoms with E-state index in [0.29, 0.717) is 16.2 Å². The number of thiazole rings is 1. The predicted octanol–water partition coefficient (Wildman–Crippen LogP) is -0.500. The molecule has 0 bridgehead atoms. The third-order valence-electron chi connectivity index (χ3n) is 3.54. The Morgan fingerprint density at radius 1 is 1.26 bits per heavy atom. The molecule has 1 aliphatic heterocycles. The summed E-state index contributed by atoms with van der Waals surface area (Å²) >= 11 is 1.06. The number of amides is 1. The van der Waals surface area contributed by atoms with Crippen LogP contribution in [0.5, 0.6) is 0 Å². The zero-order chi connectivity index (χ0) is 16.1. The second kappa shape index (κ2) is 4.71. The lowest BCUT2D eigenvalue weighted by atomic mass is 10.1. The van der Waals surface area contributed by atoms with Crippen molar-refractivity contribution in [2.45, 2.75) is 0 Å². The van der Waals surface area contributed by atoms with Crippen LogP contribution in [0.4, 0.5) is 5.69 Å². The molecule has 0 spiro atoms. The molecule has 2 aromatic heterocycles. The first-order valence-electron chi connectivity index (χ1n) is 6.58. The summed E-state index contributed by atoms with van der Waals surface area (Å²) in [5.74, 6) is -1.63. The van der Waals surface area contributed by atoms with Gasteiger partial charge in [-0.15, -0.1) is 0 Å². The van der Waals surface area contributed by atoms with E-state index in [1.165, 1.54) is 6.33 Å². The molecular weight excluding hydrogens is 320 g/mol. The van der Waals surface area contributed by atoms with Crippen molar-refractivity contribution < 1.29 is 14.7 Å². The number of rotatable bonds is 2. The number of hydrogen-bond donors (Lipinski definition) is 1. The monoisotopic (exact) mass is 328 g/mol. The van der Waals surface area contributed by atoms with E-state index < -0.39 is 24.0 Å². The molecule has 0 saturated heterocycles. The number of carbonyl (C=O) groups excluding carboxylic acids is 1. The normalized spacial score (nSPS) is 16.2. The van der Waals surface area contributed by atoms with E-state index in [4.69, 9.17) is 5.11 Å². The Bertz CT molecular complexity index is 1080. The van der Waals surface area contributed by atoms with E-state index >= 15 is 0 Å². The molecule has 3 aromatic rings. The summed E-state index contributed by atoms with van der Waals surface area (Å²) in [7, 11) is 0. The van der Waals surface area contributed by atoms with Crippen molar-refractivity contribution in [3.8, 4) is 0 Å². The fourth-order valence-electron chi connectivity index (χ4n) is 2.62. The summed E-state index contributed by atoms with van der Waals surface area (Å²) in [6.45, 7) is -0.464. The van der Waals surface area contributed by atoms with E-state index in [9.17, 15) is 14.4 Å². The minimum absolute atomic E-state index is 0.198. The van der Waals surface area contributed by atoms with Crippen LogP contribution in [-0.2, 0) is 9.59 Å². The van der Waals surface area contributed by atoms with Crippen LogP contribution in [0.25, 0.3) is 10.5 Å². The molecule has 0 radical (unpaired) electrons. The Kier molecular flexibility index (Phi) is 2.78. The number of hydrogen-bond acceptors (Lipinski definition) is 6. The van der Waals surface area contributed by atoms with Gasteiger partial charge in [0.15, 0.2) is 0 Å². The number of anilines is 1. The van der Waals surface area contributed by atoms with Crippen molar-refractivity contribution in [1.29, 1.82) is 0 Å². The smallest absolute Gasteiger partial charge is 0.323 e. The molecule has 1 aliphatic rings. The molecule has 23 heavy (non-hydrogen) atoms. The van der Waals surface area contributed by atoms with Crippen LogP contribution in [0.1, 0.15) is 5.56 Å². The van der Waals surface area contributed by atoms with Crippen molar-refractivity contribution >= 4 is 39.4 Å². The van der Waals surface area contributed by atoms with Gasteiger partial charge >= 0.3 is 5.97 Å². The fraction of sp³-hybridized carbons (Fsp3) is 0.0714. The van der Waals surface area contributed by atoms with Gasteiger partial charge in [-0.05, 0) is 6.07 Å². The molecular formula is C14H8N4O4S. The molecule has 0 atom stereocenters. The van der Waals surface area contributed by atoms with Crippen LogP contribution in [-0.4, -0.2) is 38.1 Å². The Morgan fingerprint density at radius 3 is 2.78 bits per heavy atom. The van der Waals surface area contributed by atoms with Gasteiger partial charge in [-0.2, -0.15) is 9.61 Å². The maximum atomic E-state index is 12.7. The maximum Gasteiger partial charge on any atom is 0.323 e. The van der Waals surface area contributed by atoms with Gasteiger partial charge < -0.3 is 5.11 Å². The molecule has 1 N–H and O–H groups in total. The Hall–Kier alpha value is -3.07. The lowest BCUT2D eigenvalue weighted by molar-refractivity contribution is -0.136. The molecule has 114 valence electrons. The van der Waals surface area contributed by atoms with Gasteiger partial charge in [0.25, 0.3) is 11.5 Å². The highest BCUT2D eigenvalue weighted by molar-refractivity contribution is 7.15. The second-order valence-electron chi connectivity index (χ2n) is 4.87. The summed E-state index contributed by atoms with van der Waals surface area (Å²) in [5, 5.41) is 12.9. The summed E-state index contributed by atoms with van der Waals surface area (Å²) in [5.41, 5.74) is 0.788. The van der Waals surface area contributed by atoms with Crippen LogP contribution in [0.15, 0.2) is 35.4 Å². The fourth-order valence-corrected chi connectivity index (χ4v) is 3.59. The number of para-hydroxylation sites is 1. The van der Waals surface area contributed by atoms with E-state index in [0.717, 1.165) is 20.8 Å². The van der Waals surface area contributed by atoms with Gasteiger partial charge in [-0.3, -0.25) is 19.3 Å².